The molecule has 0 radical (unpaired) electrons. The van der Waals surface area contributed by atoms with Gasteiger partial charge in [-0.05, 0) is 54.3 Å². The predicted octanol–water partition coefficient (Wildman–Crippen LogP) is 2.41. The first kappa shape index (κ1) is 23.6. The fraction of sp³-hybridized carbons (Fsp3) is 0.308. The summed E-state index contributed by atoms with van der Waals surface area (Å²) in [6.07, 6.45) is 3.33. The highest BCUT2D eigenvalue weighted by atomic mass is 16.5. The number of piperidine rings is 1. The summed E-state index contributed by atoms with van der Waals surface area (Å²) in [5.41, 5.74) is 15.2. The molecule has 1 saturated heterocycles. The van der Waals surface area contributed by atoms with Gasteiger partial charge in [0.05, 0.1) is 7.11 Å². The number of hydrogen-bond acceptors (Lipinski definition) is 8. The number of anilines is 3. The summed E-state index contributed by atoms with van der Waals surface area (Å²) in [5.74, 6) is 0.814. The van der Waals surface area contributed by atoms with Gasteiger partial charge in [-0.25, -0.2) is 4.98 Å². The van der Waals surface area contributed by atoms with Gasteiger partial charge in [-0.15, -0.1) is 0 Å². The maximum absolute atomic E-state index is 13.3. The summed E-state index contributed by atoms with van der Waals surface area (Å²) in [5, 5.41) is 3.17. The van der Waals surface area contributed by atoms with Crippen LogP contribution in [-0.4, -0.2) is 52.9 Å². The summed E-state index contributed by atoms with van der Waals surface area (Å²) in [6.45, 7) is 2.48. The Hall–Kier alpha value is -4.18. The van der Waals surface area contributed by atoms with Crippen molar-refractivity contribution in [1.29, 1.82) is 0 Å². The zero-order valence-corrected chi connectivity index (χ0v) is 20.1. The summed E-state index contributed by atoms with van der Waals surface area (Å²) in [4.78, 5) is 38.1. The van der Waals surface area contributed by atoms with Crippen molar-refractivity contribution >= 4 is 29.3 Å². The van der Waals surface area contributed by atoms with E-state index in [0.717, 1.165) is 36.3 Å². The molecule has 1 atom stereocenters. The smallest absolute Gasteiger partial charge is 0.254 e. The van der Waals surface area contributed by atoms with E-state index in [2.05, 4.69) is 15.3 Å². The molecule has 0 saturated carbocycles. The minimum atomic E-state index is -0.642. The number of benzene rings is 2. The van der Waals surface area contributed by atoms with Crippen molar-refractivity contribution in [2.45, 2.75) is 32.0 Å². The van der Waals surface area contributed by atoms with E-state index in [9.17, 15) is 9.59 Å². The van der Waals surface area contributed by atoms with Gasteiger partial charge in [-0.1, -0.05) is 12.1 Å². The standard InChI is InChI=1S/C26H29N7O3/c1-36-21-8-7-17-13-33(14-18(17)11-21)25(35)16-4-2-6-20(10-16)30-24-22(23(28)34)12-29-26(31-24)32-9-3-5-19(27)15-32/h2,4,6-8,10-12,19H,3,5,9,13-15,27H2,1H3,(H2,28,34)(H,29,30,31). The minimum Gasteiger partial charge on any atom is -0.497 e. The molecular formula is C26H29N7O3. The zero-order valence-electron chi connectivity index (χ0n) is 20.1. The number of fused-ring (bicyclic) bond motifs is 1. The molecule has 186 valence electrons. The van der Waals surface area contributed by atoms with Crippen LogP contribution in [0.1, 0.15) is 44.7 Å². The molecule has 10 heteroatoms. The fourth-order valence-corrected chi connectivity index (χ4v) is 4.68. The Bertz CT molecular complexity index is 1310. The van der Waals surface area contributed by atoms with Crippen molar-refractivity contribution in [1.82, 2.24) is 14.9 Å². The molecule has 2 aliphatic rings. The molecule has 2 aliphatic heterocycles. The van der Waals surface area contributed by atoms with Crippen LogP contribution >= 0.6 is 0 Å². The number of nitrogens with two attached hydrogens (primary N) is 2. The average molecular weight is 488 g/mol. The fourth-order valence-electron chi connectivity index (χ4n) is 4.68. The number of amides is 2. The highest BCUT2D eigenvalue weighted by Crippen LogP contribution is 2.29. The summed E-state index contributed by atoms with van der Waals surface area (Å²) < 4.78 is 5.31. The Balaban J connectivity index is 1.36. The van der Waals surface area contributed by atoms with Gasteiger partial charge in [0.1, 0.15) is 17.1 Å². The lowest BCUT2D eigenvalue weighted by Crippen LogP contribution is -2.43. The van der Waals surface area contributed by atoms with E-state index >= 15 is 0 Å². The van der Waals surface area contributed by atoms with Gasteiger partial charge in [0.15, 0.2) is 0 Å². The quantitative estimate of drug-likeness (QED) is 0.482. The van der Waals surface area contributed by atoms with E-state index in [1.807, 2.05) is 29.2 Å². The Morgan fingerprint density at radius 1 is 1.14 bits per heavy atom. The van der Waals surface area contributed by atoms with Gasteiger partial charge in [0.2, 0.25) is 5.95 Å². The number of hydrogen-bond donors (Lipinski definition) is 3. The van der Waals surface area contributed by atoms with Crippen LogP contribution in [0.5, 0.6) is 5.75 Å². The monoisotopic (exact) mass is 487 g/mol. The predicted molar refractivity (Wildman–Crippen MR) is 136 cm³/mol. The number of nitrogens with zero attached hydrogens (tertiary/aromatic N) is 4. The minimum absolute atomic E-state index is 0.0510. The Morgan fingerprint density at radius 3 is 2.75 bits per heavy atom. The van der Waals surface area contributed by atoms with Gasteiger partial charge < -0.3 is 31.3 Å². The van der Waals surface area contributed by atoms with E-state index in [0.29, 0.717) is 36.8 Å². The highest BCUT2D eigenvalue weighted by Gasteiger charge is 2.25. The number of aromatic nitrogens is 2. The van der Waals surface area contributed by atoms with Crippen LogP contribution in [0, 0.1) is 0 Å². The lowest BCUT2D eigenvalue weighted by molar-refractivity contribution is 0.0751. The highest BCUT2D eigenvalue weighted by molar-refractivity contribution is 5.99. The molecule has 0 bridgehead atoms. The third-order valence-corrected chi connectivity index (χ3v) is 6.58. The van der Waals surface area contributed by atoms with Crippen molar-refractivity contribution in [3.05, 3.63) is 70.9 Å². The first-order chi connectivity index (χ1) is 17.4. The lowest BCUT2D eigenvalue weighted by atomic mass is 10.1. The normalized spacial score (nSPS) is 17.0. The Kier molecular flexibility index (Phi) is 6.43. The second kappa shape index (κ2) is 9.82. The third kappa shape index (κ3) is 4.80. The number of ether oxygens (including phenoxy) is 1. The number of carbonyl (C=O) groups is 2. The van der Waals surface area contributed by atoms with Gasteiger partial charge in [-0.2, -0.15) is 4.98 Å². The molecule has 5 rings (SSSR count). The Labute approximate surface area is 209 Å². The molecule has 1 fully saturated rings. The maximum Gasteiger partial charge on any atom is 0.254 e. The molecule has 5 N–H and O–H groups in total. The number of carbonyl (C=O) groups excluding carboxylic acids is 2. The molecule has 10 nitrogen and oxygen atoms in total. The molecular weight excluding hydrogens is 458 g/mol. The van der Waals surface area contributed by atoms with Crippen LogP contribution in [0.15, 0.2) is 48.7 Å². The maximum atomic E-state index is 13.3. The number of methoxy groups -OCH3 is 1. The van der Waals surface area contributed by atoms with Crippen LogP contribution in [-0.2, 0) is 13.1 Å². The van der Waals surface area contributed by atoms with E-state index in [1.165, 1.54) is 6.20 Å². The average Bonchev–Trinajstić information content (AvgIpc) is 3.31. The summed E-state index contributed by atoms with van der Waals surface area (Å²) >= 11 is 0. The number of primary amides is 1. The molecule has 3 heterocycles. The van der Waals surface area contributed by atoms with Gasteiger partial charge in [-0.3, -0.25) is 9.59 Å². The second-order valence-corrected chi connectivity index (χ2v) is 9.15. The van der Waals surface area contributed by atoms with Crippen LogP contribution in [0.4, 0.5) is 17.5 Å². The third-order valence-electron chi connectivity index (χ3n) is 6.58. The molecule has 2 amide bonds. The molecule has 3 aromatic rings. The van der Waals surface area contributed by atoms with E-state index < -0.39 is 5.91 Å². The largest absolute Gasteiger partial charge is 0.497 e. The molecule has 0 aliphatic carbocycles. The first-order valence-electron chi connectivity index (χ1n) is 11.9. The van der Waals surface area contributed by atoms with E-state index in [-0.39, 0.29) is 23.3 Å². The second-order valence-electron chi connectivity index (χ2n) is 9.15. The van der Waals surface area contributed by atoms with Crippen LogP contribution in [0.25, 0.3) is 0 Å². The van der Waals surface area contributed by atoms with E-state index in [4.69, 9.17) is 16.2 Å². The molecule has 36 heavy (non-hydrogen) atoms. The lowest BCUT2D eigenvalue weighted by Gasteiger charge is -2.31. The SMILES string of the molecule is COc1ccc2c(c1)CN(C(=O)c1cccc(Nc3nc(N4CCCC(N)C4)ncc3C(N)=O)c1)C2. The van der Waals surface area contributed by atoms with Crippen molar-refractivity contribution in [2.24, 2.45) is 11.5 Å². The Morgan fingerprint density at radius 2 is 1.97 bits per heavy atom. The van der Waals surface area contributed by atoms with Crippen molar-refractivity contribution in [2.75, 3.05) is 30.4 Å². The van der Waals surface area contributed by atoms with Crippen LogP contribution in [0.2, 0.25) is 0 Å². The van der Waals surface area contributed by atoms with Gasteiger partial charge in [0.25, 0.3) is 11.8 Å². The van der Waals surface area contributed by atoms with Crippen molar-refractivity contribution < 1.29 is 14.3 Å². The number of rotatable bonds is 6. The molecule has 0 spiro atoms. The van der Waals surface area contributed by atoms with Crippen LogP contribution < -0.4 is 26.4 Å². The number of nitrogens with one attached hydrogen (secondary N) is 1. The summed E-state index contributed by atoms with van der Waals surface area (Å²) in [6, 6.07) is 13.0. The summed E-state index contributed by atoms with van der Waals surface area (Å²) in [7, 11) is 1.63. The van der Waals surface area contributed by atoms with E-state index in [1.54, 1.807) is 30.2 Å². The van der Waals surface area contributed by atoms with Crippen molar-refractivity contribution in [3.63, 3.8) is 0 Å². The first-order valence-corrected chi connectivity index (χ1v) is 11.9. The molecule has 1 aromatic heterocycles. The van der Waals surface area contributed by atoms with Gasteiger partial charge in [0, 0.05) is 49.7 Å². The zero-order chi connectivity index (χ0) is 25.2. The van der Waals surface area contributed by atoms with Gasteiger partial charge >= 0.3 is 0 Å². The van der Waals surface area contributed by atoms with Crippen LogP contribution in [0.3, 0.4) is 0 Å². The molecule has 2 aromatic carbocycles. The molecule has 1 unspecified atom stereocenters. The topological polar surface area (TPSA) is 140 Å². The van der Waals surface area contributed by atoms with Crippen molar-refractivity contribution in [3.8, 4) is 5.75 Å².